The molecule has 1 saturated heterocycles. The Morgan fingerprint density at radius 3 is 2.54 bits per heavy atom. The number of thiophene rings is 1. The fourth-order valence-electron chi connectivity index (χ4n) is 2.70. The zero-order valence-corrected chi connectivity index (χ0v) is 16.0. The van der Waals surface area contributed by atoms with E-state index in [9.17, 15) is 8.42 Å². The molecule has 0 amide bonds. The molecule has 8 heteroatoms. The number of hydrogen-bond acceptors (Lipinski definition) is 4. The van der Waals surface area contributed by atoms with Crippen molar-refractivity contribution < 1.29 is 13.2 Å². The van der Waals surface area contributed by atoms with Crippen LogP contribution < -0.4 is 0 Å². The van der Waals surface area contributed by atoms with Crippen LogP contribution in [0, 0.1) is 0 Å². The number of ether oxygens (including phenoxy) is 1. The van der Waals surface area contributed by atoms with Crippen LogP contribution in [0.15, 0.2) is 40.6 Å². The van der Waals surface area contributed by atoms with E-state index in [1.54, 1.807) is 6.07 Å². The molecule has 24 heavy (non-hydrogen) atoms. The highest BCUT2D eigenvalue weighted by molar-refractivity contribution is 7.89. The summed E-state index contributed by atoms with van der Waals surface area (Å²) in [5.41, 5.74) is 0. The molecule has 0 N–H and O–H groups in total. The van der Waals surface area contributed by atoms with Crippen molar-refractivity contribution in [2.45, 2.75) is 30.4 Å². The van der Waals surface area contributed by atoms with E-state index >= 15 is 0 Å². The van der Waals surface area contributed by atoms with Gasteiger partial charge in [0.15, 0.2) is 0 Å². The molecule has 1 atom stereocenters. The molecule has 0 spiro atoms. The lowest BCUT2D eigenvalue weighted by Gasteiger charge is -2.25. The van der Waals surface area contributed by atoms with Gasteiger partial charge in [-0.3, -0.25) is 0 Å². The lowest BCUT2D eigenvalue weighted by Crippen LogP contribution is -2.37. The first-order chi connectivity index (χ1) is 11.5. The van der Waals surface area contributed by atoms with Crippen molar-refractivity contribution >= 4 is 44.6 Å². The van der Waals surface area contributed by atoms with Crippen molar-refractivity contribution in [2.24, 2.45) is 0 Å². The molecule has 0 unspecified atom stereocenters. The molecule has 1 aliphatic heterocycles. The largest absolute Gasteiger partial charge is 0.377 e. The third-order valence-corrected chi connectivity index (χ3v) is 7.49. The highest BCUT2D eigenvalue weighted by Crippen LogP contribution is 2.33. The van der Waals surface area contributed by atoms with Gasteiger partial charge >= 0.3 is 0 Å². The molecular weight excluding hydrogens is 389 g/mol. The van der Waals surface area contributed by atoms with E-state index in [0.29, 0.717) is 13.2 Å². The second kappa shape index (κ2) is 7.72. The molecule has 1 aliphatic rings. The van der Waals surface area contributed by atoms with Gasteiger partial charge in [-0.15, -0.1) is 11.3 Å². The maximum atomic E-state index is 13.2. The highest BCUT2D eigenvalue weighted by atomic mass is 35.5. The Labute approximate surface area is 156 Å². The molecule has 130 valence electrons. The summed E-state index contributed by atoms with van der Waals surface area (Å²) < 4.78 is 33.4. The number of sulfonamides is 1. The van der Waals surface area contributed by atoms with Gasteiger partial charge in [0, 0.05) is 24.6 Å². The van der Waals surface area contributed by atoms with E-state index in [-0.39, 0.29) is 27.6 Å². The van der Waals surface area contributed by atoms with Gasteiger partial charge in [0.05, 0.1) is 16.1 Å². The topological polar surface area (TPSA) is 46.6 Å². The van der Waals surface area contributed by atoms with E-state index in [4.69, 9.17) is 27.9 Å². The standard InChI is InChI=1S/C16H17Cl2NO3S2/c17-14-6-1-7-15(18)16(14)24(20,21)19(10-12-4-2-8-22-12)11-13-5-3-9-23-13/h1,3,5-7,9,12H,2,4,8,10-11H2/t12-/m1/s1. The van der Waals surface area contributed by atoms with Crippen LogP contribution in [0.2, 0.25) is 10.0 Å². The van der Waals surface area contributed by atoms with Crippen LogP contribution >= 0.6 is 34.5 Å². The van der Waals surface area contributed by atoms with Crippen molar-refractivity contribution in [2.75, 3.05) is 13.2 Å². The Balaban J connectivity index is 1.96. The van der Waals surface area contributed by atoms with Gasteiger partial charge in [0.1, 0.15) is 4.90 Å². The summed E-state index contributed by atoms with van der Waals surface area (Å²) >= 11 is 13.8. The maximum Gasteiger partial charge on any atom is 0.246 e. The van der Waals surface area contributed by atoms with Crippen LogP contribution in [-0.2, 0) is 21.3 Å². The van der Waals surface area contributed by atoms with Crippen LogP contribution in [0.1, 0.15) is 17.7 Å². The quantitative estimate of drug-likeness (QED) is 0.713. The van der Waals surface area contributed by atoms with E-state index < -0.39 is 10.0 Å². The number of hydrogen-bond donors (Lipinski definition) is 0. The molecule has 1 fully saturated rings. The summed E-state index contributed by atoms with van der Waals surface area (Å²) in [5, 5.41) is 2.19. The van der Waals surface area contributed by atoms with Gasteiger partial charge in [-0.2, -0.15) is 4.31 Å². The molecule has 0 aliphatic carbocycles. The predicted octanol–water partition coefficient (Wildman–Crippen LogP) is 4.42. The number of halogens is 2. The summed E-state index contributed by atoms with van der Waals surface area (Å²) in [7, 11) is -3.83. The summed E-state index contributed by atoms with van der Waals surface area (Å²) in [4.78, 5) is 0.919. The second-order valence-corrected chi connectivity index (χ2v) is 9.28. The molecule has 1 aromatic heterocycles. The van der Waals surface area contributed by atoms with E-state index in [0.717, 1.165) is 17.7 Å². The minimum atomic E-state index is -3.83. The van der Waals surface area contributed by atoms with Gasteiger partial charge in [0.2, 0.25) is 10.0 Å². The van der Waals surface area contributed by atoms with E-state index in [2.05, 4.69) is 0 Å². The van der Waals surface area contributed by atoms with Crippen molar-refractivity contribution in [3.63, 3.8) is 0 Å². The number of nitrogens with zero attached hydrogens (tertiary/aromatic N) is 1. The number of rotatable bonds is 6. The predicted molar refractivity (Wildman–Crippen MR) is 97.4 cm³/mol. The van der Waals surface area contributed by atoms with Crippen molar-refractivity contribution in [3.8, 4) is 0 Å². The Morgan fingerprint density at radius 1 is 1.21 bits per heavy atom. The zero-order valence-electron chi connectivity index (χ0n) is 12.8. The zero-order chi connectivity index (χ0) is 17.2. The van der Waals surface area contributed by atoms with Crippen LogP contribution in [0.3, 0.4) is 0 Å². The second-order valence-electron chi connectivity index (χ2n) is 5.56. The number of benzene rings is 1. The van der Waals surface area contributed by atoms with Gasteiger partial charge in [-0.05, 0) is 36.4 Å². The maximum absolute atomic E-state index is 13.2. The molecule has 4 nitrogen and oxygen atoms in total. The van der Waals surface area contributed by atoms with Gasteiger partial charge in [-0.25, -0.2) is 8.42 Å². The van der Waals surface area contributed by atoms with Crippen LogP contribution in [0.4, 0.5) is 0 Å². The first kappa shape index (κ1) is 18.2. The van der Waals surface area contributed by atoms with Gasteiger partial charge in [-0.1, -0.05) is 35.3 Å². The monoisotopic (exact) mass is 405 g/mol. The van der Waals surface area contributed by atoms with Crippen molar-refractivity contribution in [1.29, 1.82) is 0 Å². The van der Waals surface area contributed by atoms with Crippen molar-refractivity contribution in [3.05, 3.63) is 50.6 Å². The Morgan fingerprint density at radius 2 is 1.96 bits per heavy atom. The summed E-state index contributed by atoms with van der Waals surface area (Å²) in [6, 6.07) is 8.52. The van der Waals surface area contributed by atoms with Crippen LogP contribution in [-0.4, -0.2) is 32.0 Å². The Bertz CT molecular complexity index is 767. The molecule has 2 heterocycles. The minimum absolute atomic E-state index is 0.0390. The van der Waals surface area contributed by atoms with Crippen LogP contribution in [0.5, 0.6) is 0 Å². The lowest BCUT2D eigenvalue weighted by atomic mass is 10.2. The highest BCUT2D eigenvalue weighted by Gasteiger charge is 2.32. The third kappa shape index (κ3) is 3.95. The fraction of sp³-hybridized carbons (Fsp3) is 0.375. The SMILES string of the molecule is O=S(=O)(c1c(Cl)cccc1Cl)N(Cc1cccs1)C[C@H]1CCCO1. The first-order valence-corrected chi connectivity index (χ1v) is 10.6. The average Bonchev–Trinajstić information content (AvgIpc) is 3.19. The van der Waals surface area contributed by atoms with Crippen LogP contribution in [0.25, 0.3) is 0 Å². The smallest absolute Gasteiger partial charge is 0.246 e. The molecule has 0 radical (unpaired) electrons. The summed E-state index contributed by atoms with van der Waals surface area (Å²) in [6.07, 6.45) is 1.71. The molecular formula is C16H17Cl2NO3S2. The molecule has 0 saturated carbocycles. The molecule has 0 bridgehead atoms. The Hall–Kier alpha value is -0.630. The minimum Gasteiger partial charge on any atom is -0.377 e. The lowest BCUT2D eigenvalue weighted by molar-refractivity contribution is 0.0927. The van der Waals surface area contributed by atoms with Crippen molar-refractivity contribution in [1.82, 2.24) is 4.31 Å². The summed E-state index contributed by atoms with van der Waals surface area (Å²) in [5.74, 6) is 0. The average molecular weight is 406 g/mol. The Kier molecular flexibility index (Phi) is 5.85. The summed E-state index contributed by atoms with van der Waals surface area (Å²) in [6.45, 7) is 1.24. The molecule has 3 rings (SSSR count). The fourth-order valence-corrected chi connectivity index (χ4v) is 6.04. The first-order valence-electron chi connectivity index (χ1n) is 7.56. The molecule has 2 aromatic rings. The normalized spacial score (nSPS) is 18.4. The van der Waals surface area contributed by atoms with E-state index in [1.165, 1.54) is 27.8 Å². The van der Waals surface area contributed by atoms with Gasteiger partial charge < -0.3 is 4.74 Å². The third-order valence-electron chi connectivity index (χ3n) is 3.86. The van der Waals surface area contributed by atoms with Gasteiger partial charge in [0.25, 0.3) is 0 Å². The molecule has 1 aromatic carbocycles. The van der Waals surface area contributed by atoms with E-state index in [1.807, 2.05) is 17.5 Å².